The smallest absolute Gasteiger partial charge is 0.123 e. The van der Waals surface area contributed by atoms with Gasteiger partial charge in [0.25, 0.3) is 0 Å². The van der Waals surface area contributed by atoms with Gasteiger partial charge < -0.3 is 9.84 Å². The Morgan fingerprint density at radius 3 is 3.06 bits per heavy atom. The third-order valence-electron chi connectivity index (χ3n) is 3.58. The van der Waals surface area contributed by atoms with E-state index in [-0.39, 0.29) is 11.9 Å². The van der Waals surface area contributed by atoms with E-state index in [9.17, 15) is 9.50 Å². The molecule has 0 amide bonds. The second-order valence-electron chi connectivity index (χ2n) is 4.87. The van der Waals surface area contributed by atoms with Gasteiger partial charge in [0.15, 0.2) is 0 Å². The zero-order chi connectivity index (χ0) is 13.1. The van der Waals surface area contributed by atoms with Crippen molar-refractivity contribution in [3.05, 3.63) is 35.1 Å². The van der Waals surface area contributed by atoms with Gasteiger partial charge in [0, 0.05) is 26.2 Å². The van der Waals surface area contributed by atoms with Crippen molar-refractivity contribution < 1.29 is 14.2 Å². The van der Waals surface area contributed by atoms with Crippen LogP contribution in [-0.4, -0.2) is 42.9 Å². The normalized spacial score (nSPS) is 21.7. The van der Waals surface area contributed by atoms with Gasteiger partial charge in [0.1, 0.15) is 5.82 Å². The van der Waals surface area contributed by atoms with Crippen molar-refractivity contribution >= 4 is 0 Å². The maximum absolute atomic E-state index is 13.2. The molecule has 2 atom stereocenters. The van der Waals surface area contributed by atoms with Crippen LogP contribution < -0.4 is 0 Å². The monoisotopic (exact) mass is 253 g/mol. The molecule has 1 aromatic rings. The van der Waals surface area contributed by atoms with Crippen LogP contribution in [0.4, 0.5) is 4.39 Å². The summed E-state index contributed by atoms with van der Waals surface area (Å²) < 4.78 is 18.1. The van der Waals surface area contributed by atoms with Gasteiger partial charge in [-0.2, -0.15) is 0 Å². The van der Waals surface area contributed by atoms with Crippen molar-refractivity contribution in [2.24, 2.45) is 0 Å². The number of hydrogen-bond acceptors (Lipinski definition) is 3. The molecule has 0 saturated carbocycles. The number of benzene rings is 1. The minimum atomic E-state index is -0.473. The molecule has 0 aromatic heterocycles. The molecular formula is C14H20FNO2. The molecule has 0 bridgehead atoms. The van der Waals surface area contributed by atoms with Crippen LogP contribution in [0.5, 0.6) is 0 Å². The molecule has 1 heterocycles. The summed E-state index contributed by atoms with van der Waals surface area (Å²) >= 11 is 0. The molecule has 0 unspecified atom stereocenters. The first kappa shape index (κ1) is 13.5. The van der Waals surface area contributed by atoms with Crippen LogP contribution in [0.2, 0.25) is 0 Å². The minimum Gasteiger partial charge on any atom is -0.389 e. The van der Waals surface area contributed by atoms with E-state index in [2.05, 4.69) is 11.8 Å². The molecular weight excluding hydrogens is 233 g/mol. The SMILES string of the molecule is COC[C@@H](O)CN1CCc2cc(F)ccc2[C@H]1C. The van der Waals surface area contributed by atoms with Crippen molar-refractivity contribution in [2.45, 2.75) is 25.5 Å². The molecule has 3 nitrogen and oxygen atoms in total. The van der Waals surface area contributed by atoms with Crippen molar-refractivity contribution in [2.75, 3.05) is 26.8 Å². The van der Waals surface area contributed by atoms with E-state index in [0.717, 1.165) is 24.1 Å². The first-order chi connectivity index (χ1) is 8.61. The number of fused-ring (bicyclic) bond motifs is 1. The number of aliphatic hydroxyl groups excluding tert-OH is 1. The fourth-order valence-corrected chi connectivity index (χ4v) is 2.62. The van der Waals surface area contributed by atoms with E-state index in [1.807, 2.05) is 6.07 Å². The molecule has 4 heteroatoms. The maximum Gasteiger partial charge on any atom is 0.123 e. The Morgan fingerprint density at radius 2 is 2.33 bits per heavy atom. The fraction of sp³-hybridized carbons (Fsp3) is 0.571. The third-order valence-corrected chi connectivity index (χ3v) is 3.58. The highest BCUT2D eigenvalue weighted by Crippen LogP contribution is 2.29. The molecule has 1 N–H and O–H groups in total. The predicted molar refractivity (Wildman–Crippen MR) is 68.0 cm³/mol. The van der Waals surface area contributed by atoms with Crippen LogP contribution in [0.25, 0.3) is 0 Å². The Bertz CT molecular complexity index is 411. The van der Waals surface area contributed by atoms with Crippen molar-refractivity contribution in [1.29, 1.82) is 0 Å². The summed E-state index contributed by atoms with van der Waals surface area (Å²) in [6.07, 6.45) is 0.358. The van der Waals surface area contributed by atoms with Crippen LogP contribution in [0, 0.1) is 5.82 Å². The summed E-state index contributed by atoms with van der Waals surface area (Å²) in [5.41, 5.74) is 2.24. The first-order valence-electron chi connectivity index (χ1n) is 6.31. The van der Waals surface area contributed by atoms with Gasteiger partial charge in [-0.15, -0.1) is 0 Å². The fourth-order valence-electron chi connectivity index (χ4n) is 2.62. The van der Waals surface area contributed by atoms with Gasteiger partial charge in [-0.1, -0.05) is 6.07 Å². The molecule has 2 rings (SSSR count). The quantitative estimate of drug-likeness (QED) is 0.887. The maximum atomic E-state index is 13.2. The lowest BCUT2D eigenvalue weighted by Crippen LogP contribution is -2.40. The van der Waals surface area contributed by atoms with Crippen molar-refractivity contribution in [3.63, 3.8) is 0 Å². The van der Waals surface area contributed by atoms with E-state index < -0.39 is 6.10 Å². The number of β-amino-alcohol motifs (C(OH)–C–C–N with tert-alkyl or cyclic N) is 1. The number of hydrogen-bond donors (Lipinski definition) is 1. The van der Waals surface area contributed by atoms with E-state index in [1.165, 1.54) is 6.07 Å². The highest BCUT2D eigenvalue weighted by Gasteiger charge is 2.25. The Balaban J connectivity index is 2.08. The highest BCUT2D eigenvalue weighted by molar-refractivity contribution is 5.32. The molecule has 0 aliphatic carbocycles. The summed E-state index contributed by atoms with van der Waals surface area (Å²) in [5, 5.41) is 9.78. The standard InChI is InChI=1S/C14H20FNO2/c1-10-14-4-3-12(15)7-11(14)5-6-16(10)8-13(17)9-18-2/h3-4,7,10,13,17H,5-6,8-9H2,1-2H3/t10-,13+/m1/s1. The van der Waals surface area contributed by atoms with Crippen molar-refractivity contribution in [3.8, 4) is 0 Å². The molecule has 0 spiro atoms. The Morgan fingerprint density at radius 1 is 1.56 bits per heavy atom. The van der Waals surface area contributed by atoms with Gasteiger partial charge in [-0.25, -0.2) is 4.39 Å². The summed E-state index contributed by atoms with van der Waals surface area (Å²) in [5.74, 6) is -0.172. The van der Waals surface area contributed by atoms with E-state index in [1.54, 1.807) is 13.2 Å². The summed E-state index contributed by atoms with van der Waals surface area (Å²) in [6, 6.07) is 5.18. The molecule has 0 saturated heterocycles. The molecule has 100 valence electrons. The van der Waals surface area contributed by atoms with Crippen LogP contribution >= 0.6 is 0 Å². The second-order valence-corrected chi connectivity index (χ2v) is 4.87. The number of aliphatic hydroxyl groups is 1. The molecule has 0 radical (unpaired) electrons. The third kappa shape index (κ3) is 2.88. The Labute approximate surface area is 107 Å². The van der Waals surface area contributed by atoms with Crippen LogP contribution in [0.15, 0.2) is 18.2 Å². The second kappa shape index (κ2) is 5.78. The van der Waals surface area contributed by atoms with Gasteiger partial charge in [-0.3, -0.25) is 4.90 Å². The first-order valence-corrected chi connectivity index (χ1v) is 6.31. The lowest BCUT2D eigenvalue weighted by molar-refractivity contribution is 0.0263. The molecule has 1 aromatic carbocycles. The molecule has 1 aliphatic heterocycles. The minimum absolute atomic E-state index is 0.172. The largest absolute Gasteiger partial charge is 0.389 e. The van der Waals surface area contributed by atoms with Crippen molar-refractivity contribution in [1.82, 2.24) is 4.90 Å². The number of nitrogens with zero attached hydrogens (tertiary/aromatic N) is 1. The van der Waals surface area contributed by atoms with Crippen LogP contribution in [-0.2, 0) is 11.2 Å². The van der Waals surface area contributed by atoms with E-state index in [4.69, 9.17) is 4.74 Å². The van der Waals surface area contributed by atoms with E-state index in [0.29, 0.717) is 13.2 Å². The lowest BCUT2D eigenvalue weighted by Gasteiger charge is -2.36. The van der Waals surface area contributed by atoms with Crippen LogP contribution in [0.1, 0.15) is 24.1 Å². The molecule has 0 fully saturated rings. The van der Waals surface area contributed by atoms with Crippen LogP contribution in [0.3, 0.4) is 0 Å². The number of halogens is 1. The Hall–Kier alpha value is -0.970. The lowest BCUT2D eigenvalue weighted by atomic mass is 9.93. The topological polar surface area (TPSA) is 32.7 Å². The summed E-state index contributed by atoms with van der Waals surface area (Å²) in [6.45, 7) is 3.87. The average Bonchev–Trinajstić information content (AvgIpc) is 2.33. The van der Waals surface area contributed by atoms with Gasteiger partial charge >= 0.3 is 0 Å². The summed E-state index contributed by atoms with van der Waals surface area (Å²) in [7, 11) is 1.58. The van der Waals surface area contributed by atoms with Gasteiger partial charge in [0.05, 0.1) is 12.7 Å². The predicted octanol–water partition coefficient (Wildman–Crippen LogP) is 1.75. The number of ether oxygens (including phenoxy) is 1. The zero-order valence-corrected chi connectivity index (χ0v) is 10.9. The summed E-state index contributed by atoms with van der Waals surface area (Å²) in [4.78, 5) is 2.21. The van der Waals surface area contributed by atoms with Gasteiger partial charge in [-0.05, 0) is 36.6 Å². The number of methoxy groups -OCH3 is 1. The Kier molecular flexibility index (Phi) is 4.32. The van der Waals surface area contributed by atoms with E-state index >= 15 is 0 Å². The zero-order valence-electron chi connectivity index (χ0n) is 10.9. The van der Waals surface area contributed by atoms with Gasteiger partial charge in [0.2, 0.25) is 0 Å². The number of rotatable bonds is 4. The molecule has 18 heavy (non-hydrogen) atoms. The highest BCUT2D eigenvalue weighted by atomic mass is 19.1. The average molecular weight is 253 g/mol. The molecule has 1 aliphatic rings.